The molecule has 0 fully saturated rings. The van der Waals surface area contributed by atoms with Crippen LogP contribution in [0, 0.1) is 10.1 Å². The molecule has 5 rings (SSSR count). The molecule has 1 N–H and O–H groups in total. The fourth-order valence-electron chi connectivity index (χ4n) is 3.53. The smallest absolute Gasteiger partial charge is 0.280 e. The zero-order valence-electron chi connectivity index (χ0n) is 18.0. The highest BCUT2D eigenvalue weighted by atomic mass is 35.5. The number of carbonyl (C=O) groups excluding carboxylic acids is 1. The van der Waals surface area contributed by atoms with E-state index in [1.807, 2.05) is 18.2 Å². The number of para-hydroxylation sites is 1. The molecule has 0 aliphatic heterocycles. The van der Waals surface area contributed by atoms with E-state index in [0.717, 1.165) is 0 Å². The number of nitro groups is 1. The number of fused-ring (bicyclic) bond motifs is 1. The third-order valence-corrected chi connectivity index (χ3v) is 5.48. The number of rotatable bonds is 6. The van der Waals surface area contributed by atoms with E-state index in [4.69, 9.17) is 20.4 Å². The number of nitrogens with zero attached hydrogens (tertiary/aromatic N) is 2. The maximum absolute atomic E-state index is 12.4. The summed E-state index contributed by atoms with van der Waals surface area (Å²) in [5.41, 5.74) is 2.65. The van der Waals surface area contributed by atoms with Crippen molar-refractivity contribution in [1.82, 2.24) is 4.98 Å². The molecule has 9 heteroatoms. The van der Waals surface area contributed by atoms with Gasteiger partial charge in [0.05, 0.1) is 21.1 Å². The van der Waals surface area contributed by atoms with Crippen LogP contribution in [0.1, 0.15) is 5.76 Å². The fraction of sp³-hybridized carbons (Fsp3) is 0. The van der Waals surface area contributed by atoms with E-state index in [1.54, 1.807) is 54.6 Å². The Kier molecular flexibility index (Phi) is 5.87. The van der Waals surface area contributed by atoms with E-state index < -0.39 is 4.92 Å². The van der Waals surface area contributed by atoms with Crippen molar-refractivity contribution in [2.75, 3.05) is 5.32 Å². The van der Waals surface area contributed by atoms with Gasteiger partial charge in [0.15, 0.2) is 5.58 Å². The Bertz CT molecular complexity index is 1600. The van der Waals surface area contributed by atoms with Gasteiger partial charge in [-0.3, -0.25) is 14.9 Å². The van der Waals surface area contributed by atoms with Crippen LogP contribution in [0.15, 0.2) is 93.8 Å². The minimum Gasteiger partial charge on any atom is -0.456 e. The summed E-state index contributed by atoms with van der Waals surface area (Å²) < 4.78 is 11.5. The van der Waals surface area contributed by atoms with Crippen molar-refractivity contribution in [3.8, 4) is 22.8 Å². The van der Waals surface area contributed by atoms with Gasteiger partial charge in [0.2, 0.25) is 11.8 Å². The summed E-state index contributed by atoms with van der Waals surface area (Å²) in [6.07, 6.45) is 2.79. The number of nitro benzene ring substituents is 1. The highest BCUT2D eigenvalue weighted by Crippen LogP contribution is 2.32. The van der Waals surface area contributed by atoms with Gasteiger partial charge in [-0.05, 0) is 54.6 Å². The van der Waals surface area contributed by atoms with Crippen molar-refractivity contribution in [3.05, 3.63) is 106 Å². The Morgan fingerprint density at radius 3 is 2.54 bits per heavy atom. The lowest BCUT2D eigenvalue weighted by Gasteiger charge is -2.01. The number of halogens is 1. The van der Waals surface area contributed by atoms with E-state index in [-0.39, 0.29) is 11.6 Å². The van der Waals surface area contributed by atoms with Crippen LogP contribution in [0.2, 0.25) is 5.02 Å². The first-order chi connectivity index (χ1) is 17.0. The highest BCUT2D eigenvalue weighted by molar-refractivity contribution is 6.33. The van der Waals surface area contributed by atoms with Gasteiger partial charge < -0.3 is 14.2 Å². The second-order valence-electron chi connectivity index (χ2n) is 7.48. The topological polar surface area (TPSA) is 111 Å². The van der Waals surface area contributed by atoms with Crippen LogP contribution in [-0.4, -0.2) is 15.8 Å². The van der Waals surface area contributed by atoms with Gasteiger partial charge >= 0.3 is 0 Å². The molecule has 0 unspecified atom stereocenters. The summed E-state index contributed by atoms with van der Waals surface area (Å²) in [5, 5.41) is 14.5. The van der Waals surface area contributed by atoms with Crippen LogP contribution < -0.4 is 5.32 Å². The molecule has 5 aromatic rings. The summed E-state index contributed by atoms with van der Waals surface area (Å²) in [6.45, 7) is 0. The Hall–Kier alpha value is -4.69. The molecule has 3 aromatic carbocycles. The Morgan fingerprint density at radius 1 is 0.971 bits per heavy atom. The van der Waals surface area contributed by atoms with E-state index in [0.29, 0.717) is 50.3 Å². The number of benzene rings is 3. The molecule has 0 radical (unpaired) electrons. The Balaban J connectivity index is 1.30. The van der Waals surface area contributed by atoms with Crippen LogP contribution in [-0.2, 0) is 4.79 Å². The standard InChI is InChI=1S/C26H16ClN3O5/c27-20-7-3-1-5-18(20)26-29-21-15-16(9-12-24(21)35-26)28-25(31)14-11-17-10-13-23(34-17)19-6-2-4-8-22(19)30(32)33/h1-15H,(H,28,31)/b14-11+. The second-order valence-corrected chi connectivity index (χ2v) is 7.89. The van der Waals surface area contributed by atoms with Gasteiger partial charge in [-0.1, -0.05) is 35.9 Å². The monoisotopic (exact) mass is 485 g/mol. The number of hydrogen-bond donors (Lipinski definition) is 1. The zero-order valence-corrected chi connectivity index (χ0v) is 18.7. The first kappa shape index (κ1) is 22.1. The molecule has 35 heavy (non-hydrogen) atoms. The van der Waals surface area contributed by atoms with E-state index in [1.165, 1.54) is 18.2 Å². The zero-order chi connectivity index (χ0) is 24.4. The molecule has 0 saturated carbocycles. The molecule has 0 saturated heterocycles. The SMILES string of the molecule is O=C(/C=C/c1ccc(-c2ccccc2[N+](=O)[O-])o1)Nc1ccc2oc(-c3ccccc3Cl)nc2c1. The second kappa shape index (κ2) is 9.28. The summed E-state index contributed by atoms with van der Waals surface area (Å²) >= 11 is 6.23. The van der Waals surface area contributed by atoms with Crippen molar-refractivity contribution in [1.29, 1.82) is 0 Å². The molecule has 0 aliphatic rings. The van der Waals surface area contributed by atoms with Crippen LogP contribution in [0.25, 0.3) is 40.0 Å². The third kappa shape index (κ3) is 4.68. The van der Waals surface area contributed by atoms with Crippen molar-refractivity contribution >= 4 is 46.1 Å². The van der Waals surface area contributed by atoms with Gasteiger partial charge in [0, 0.05) is 17.8 Å². The van der Waals surface area contributed by atoms with E-state index >= 15 is 0 Å². The molecular formula is C26H16ClN3O5. The lowest BCUT2D eigenvalue weighted by Crippen LogP contribution is -2.07. The normalized spacial score (nSPS) is 11.2. The molecule has 8 nitrogen and oxygen atoms in total. The first-order valence-electron chi connectivity index (χ1n) is 10.5. The van der Waals surface area contributed by atoms with Crippen molar-refractivity contribution in [2.45, 2.75) is 0 Å². The Morgan fingerprint density at radius 2 is 1.74 bits per heavy atom. The van der Waals surface area contributed by atoms with Crippen molar-refractivity contribution < 1.29 is 18.6 Å². The number of amides is 1. The van der Waals surface area contributed by atoms with Gasteiger partial charge in [0.25, 0.3) is 5.69 Å². The maximum Gasteiger partial charge on any atom is 0.280 e. The summed E-state index contributed by atoms with van der Waals surface area (Å²) in [6, 6.07) is 21.9. The minimum absolute atomic E-state index is 0.0592. The van der Waals surface area contributed by atoms with Gasteiger partial charge in [-0.15, -0.1) is 0 Å². The first-order valence-corrected chi connectivity index (χ1v) is 10.8. The fourth-order valence-corrected chi connectivity index (χ4v) is 3.74. The predicted octanol–water partition coefficient (Wildman–Crippen LogP) is 6.97. The quantitative estimate of drug-likeness (QED) is 0.158. The minimum atomic E-state index is -0.468. The number of nitrogens with one attached hydrogen (secondary N) is 1. The van der Waals surface area contributed by atoms with Crippen LogP contribution in [0.4, 0.5) is 11.4 Å². The van der Waals surface area contributed by atoms with Crippen LogP contribution >= 0.6 is 11.6 Å². The molecule has 0 bridgehead atoms. The number of hydrogen-bond acceptors (Lipinski definition) is 6. The van der Waals surface area contributed by atoms with Crippen LogP contribution in [0.5, 0.6) is 0 Å². The summed E-state index contributed by atoms with van der Waals surface area (Å²) in [7, 11) is 0. The third-order valence-electron chi connectivity index (χ3n) is 5.15. The lowest BCUT2D eigenvalue weighted by atomic mass is 10.1. The van der Waals surface area contributed by atoms with E-state index in [2.05, 4.69) is 10.3 Å². The molecule has 0 atom stereocenters. The van der Waals surface area contributed by atoms with Gasteiger partial charge in [0.1, 0.15) is 17.0 Å². The molecule has 0 aliphatic carbocycles. The van der Waals surface area contributed by atoms with E-state index in [9.17, 15) is 14.9 Å². The Labute approximate surface area is 203 Å². The number of oxazole rings is 1. The number of anilines is 1. The van der Waals surface area contributed by atoms with Gasteiger partial charge in [-0.25, -0.2) is 4.98 Å². The lowest BCUT2D eigenvalue weighted by molar-refractivity contribution is -0.384. The van der Waals surface area contributed by atoms with Crippen LogP contribution in [0.3, 0.4) is 0 Å². The summed E-state index contributed by atoms with van der Waals surface area (Å²) in [5.74, 6) is 0.719. The predicted molar refractivity (Wildman–Crippen MR) is 133 cm³/mol. The number of furan rings is 1. The maximum atomic E-state index is 12.4. The average molecular weight is 486 g/mol. The van der Waals surface area contributed by atoms with Crippen molar-refractivity contribution in [3.63, 3.8) is 0 Å². The van der Waals surface area contributed by atoms with Crippen molar-refractivity contribution in [2.24, 2.45) is 0 Å². The highest BCUT2D eigenvalue weighted by Gasteiger charge is 2.17. The number of aromatic nitrogens is 1. The largest absolute Gasteiger partial charge is 0.456 e. The molecule has 1 amide bonds. The van der Waals surface area contributed by atoms with Gasteiger partial charge in [-0.2, -0.15) is 0 Å². The number of carbonyl (C=O) groups is 1. The molecule has 0 spiro atoms. The molecule has 2 heterocycles. The summed E-state index contributed by atoms with van der Waals surface area (Å²) in [4.78, 5) is 27.7. The average Bonchev–Trinajstić information content (AvgIpc) is 3.50. The molecule has 172 valence electrons. The molecule has 2 aromatic heterocycles. The molecular weight excluding hydrogens is 470 g/mol.